The van der Waals surface area contributed by atoms with Gasteiger partial charge in [0.2, 0.25) is 5.96 Å². The number of rotatable bonds is 4. The number of nitrogens with one attached hydrogen (secondary N) is 1. The molecule has 0 radical (unpaired) electrons. The van der Waals surface area contributed by atoms with E-state index >= 15 is 0 Å². The second-order valence-electron chi connectivity index (χ2n) is 4.99. The van der Waals surface area contributed by atoms with Gasteiger partial charge in [-0.05, 0) is 49.2 Å². The van der Waals surface area contributed by atoms with Crippen molar-refractivity contribution >= 4 is 61.6 Å². The fraction of sp³-hybridized carbons (Fsp3) is 0.118. The van der Waals surface area contributed by atoms with Gasteiger partial charge in [0.25, 0.3) is 0 Å². The first kappa shape index (κ1) is 21.3. The predicted octanol–water partition coefficient (Wildman–Crippen LogP) is 4.69. The van der Waals surface area contributed by atoms with E-state index in [1.54, 1.807) is 0 Å². The van der Waals surface area contributed by atoms with E-state index in [0.717, 1.165) is 31.5 Å². The zero-order valence-electron chi connectivity index (χ0n) is 13.7. The summed E-state index contributed by atoms with van der Waals surface area (Å²) in [5.41, 5.74) is 12.0. The molecule has 0 atom stereocenters. The van der Waals surface area contributed by atoms with Crippen molar-refractivity contribution in [2.24, 2.45) is 21.0 Å². The van der Waals surface area contributed by atoms with Crippen molar-refractivity contribution in [3.63, 3.8) is 0 Å². The Balaban J connectivity index is 0.00000312. The summed E-state index contributed by atoms with van der Waals surface area (Å²) in [6.45, 7) is 3.76. The summed E-state index contributed by atoms with van der Waals surface area (Å²) in [5.74, 6) is 0.128. The standard InChI is InChI=1S/C17H17Br2N5.ClH/c1-11(13-3-7-15(18)8-4-13)21-23-17(20)24-22-12(2)14-5-9-16(19)10-6-14;/h3-10H,1-2H3,(H3,20,23,24);1H. The fourth-order valence-corrected chi connectivity index (χ4v) is 2.33. The molecule has 0 aliphatic rings. The number of hydrazone groups is 1. The molecule has 0 aromatic heterocycles. The molecule has 0 unspecified atom stereocenters. The Labute approximate surface area is 170 Å². The maximum absolute atomic E-state index is 5.78. The van der Waals surface area contributed by atoms with Crippen molar-refractivity contribution in [2.75, 3.05) is 0 Å². The lowest BCUT2D eigenvalue weighted by Gasteiger charge is -2.03. The number of benzene rings is 2. The van der Waals surface area contributed by atoms with Gasteiger partial charge in [0, 0.05) is 8.95 Å². The van der Waals surface area contributed by atoms with Gasteiger partial charge >= 0.3 is 0 Å². The van der Waals surface area contributed by atoms with Crippen molar-refractivity contribution in [1.29, 1.82) is 0 Å². The van der Waals surface area contributed by atoms with Crippen LogP contribution in [0.25, 0.3) is 0 Å². The quantitative estimate of drug-likeness (QED) is 0.373. The van der Waals surface area contributed by atoms with Crippen LogP contribution >= 0.6 is 44.3 Å². The lowest BCUT2D eigenvalue weighted by Crippen LogP contribution is -2.27. The molecule has 5 nitrogen and oxygen atoms in total. The van der Waals surface area contributed by atoms with E-state index in [0.29, 0.717) is 0 Å². The van der Waals surface area contributed by atoms with Gasteiger partial charge < -0.3 is 5.73 Å². The van der Waals surface area contributed by atoms with E-state index in [-0.39, 0.29) is 18.4 Å². The van der Waals surface area contributed by atoms with Crippen molar-refractivity contribution in [1.82, 2.24) is 5.43 Å². The molecule has 0 spiro atoms. The normalized spacial score (nSPS) is 12.6. The van der Waals surface area contributed by atoms with Crippen LogP contribution in [0.4, 0.5) is 0 Å². The summed E-state index contributed by atoms with van der Waals surface area (Å²) >= 11 is 6.80. The minimum atomic E-state index is 0. The largest absolute Gasteiger partial charge is 0.367 e. The molecule has 0 fully saturated rings. The van der Waals surface area contributed by atoms with Crippen LogP contribution in [-0.4, -0.2) is 17.4 Å². The average molecular weight is 488 g/mol. The summed E-state index contributed by atoms with van der Waals surface area (Å²) in [4.78, 5) is 0. The lowest BCUT2D eigenvalue weighted by molar-refractivity contribution is 0.983. The minimum Gasteiger partial charge on any atom is -0.367 e. The van der Waals surface area contributed by atoms with E-state index in [1.807, 2.05) is 62.4 Å². The maximum Gasteiger partial charge on any atom is 0.234 e. The van der Waals surface area contributed by atoms with E-state index < -0.39 is 0 Å². The van der Waals surface area contributed by atoms with Crippen molar-refractivity contribution in [3.8, 4) is 0 Å². The van der Waals surface area contributed by atoms with Crippen LogP contribution < -0.4 is 11.2 Å². The molecule has 0 saturated carbocycles. The topological polar surface area (TPSA) is 75.1 Å². The third kappa shape index (κ3) is 6.97. The molecule has 0 amide bonds. The molecule has 2 aromatic rings. The van der Waals surface area contributed by atoms with Gasteiger partial charge in [0.05, 0.1) is 11.4 Å². The van der Waals surface area contributed by atoms with E-state index in [2.05, 4.69) is 52.6 Å². The van der Waals surface area contributed by atoms with Crippen LogP contribution in [0.2, 0.25) is 0 Å². The maximum atomic E-state index is 5.78. The molecule has 2 rings (SSSR count). The number of nitrogens with zero attached hydrogens (tertiary/aromatic N) is 3. The second kappa shape index (κ2) is 10.3. The molecule has 8 heteroatoms. The van der Waals surface area contributed by atoms with Crippen LogP contribution in [0.15, 0.2) is 72.8 Å². The molecule has 25 heavy (non-hydrogen) atoms. The predicted molar refractivity (Wildman–Crippen MR) is 115 cm³/mol. The molecule has 0 aliphatic heterocycles. The summed E-state index contributed by atoms with van der Waals surface area (Å²) in [5, 5.41) is 12.3. The number of hydrogen-bond acceptors (Lipinski definition) is 3. The molecule has 0 aliphatic carbocycles. The van der Waals surface area contributed by atoms with E-state index in [9.17, 15) is 0 Å². The highest BCUT2D eigenvalue weighted by molar-refractivity contribution is 9.10. The highest BCUT2D eigenvalue weighted by atomic mass is 79.9. The monoisotopic (exact) mass is 485 g/mol. The van der Waals surface area contributed by atoms with Crippen LogP contribution in [0, 0.1) is 0 Å². The molecular weight excluding hydrogens is 469 g/mol. The van der Waals surface area contributed by atoms with Gasteiger partial charge in [0.1, 0.15) is 0 Å². The fourth-order valence-electron chi connectivity index (χ4n) is 1.80. The van der Waals surface area contributed by atoms with Crippen LogP contribution in [0.5, 0.6) is 0 Å². The molecule has 3 N–H and O–H groups in total. The molecule has 0 bridgehead atoms. The zero-order valence-corrected chi connectivity index (χ0v) is 17.7. The van der Waals surface area contributed by atoms with Crippen LogP contribution in [0.3, 0.4) is 0 Å². The third-order valence-electron chi connectivity index (χ3n) is 3.17. The van der Waals surface area contributed by atoms with Crippen LogP contribution in [-0.2, 0) is 0 Å². The lowest BCUT2D eigenvalue weighted by atomic mass is 10.1. The summed E-state index contributed by atoms with van der Waals surface area (Å²) in [6, 6.07) is 15.7. The average Bonchev–Trinajstić information content (AvgIpc) is 2.58. The Morgan fingerprint density at radius 2 is 1.24 bits per heavy atom. The molecule has 0 heterocycles. The Kier molecular flexibility index (Phi) is 8.82. The van der Waals surface area contributed by atoms with E-state index in [1.165, 1.54) is 0 Å². The molecule has 0 saturated heterocycles. The third-order valence-corrected chi connectivity index (χ3v) is 4.23. The van der Waals surface area contributed by atoms with Gasteiger partial charge in [-0.3, -0.25) is 0 Å². The van der Waals surface area contributed by atoms with Gasteiger partial charge in [-0.15, -0.1) is 17.5 Å². The smallest absolute Gasteiger partial charge is 0.234 e. The van der Waals surface area contributed by atoms with Crippen molar-refractivity contribution in [3.05, 3.63) is 68.6 Å². The number of guanidine groups is 1. The van der Waals surface area contributed by atoms with Gasteiger partial charge in [-0.1, -0.05) is 56.1 Å². The molecule has 132 valence electrons. The van der Waals surface area contributed by atoms with Gasteiger partial charge in [-0.2, -0.15) is 10.2 Å². The SMILES string of the molecule is CC(=N/N=C(/N)NN=C(C)c1ccc(Br)cc1)c1ccc(Br)cc1.Cl. The summed E-state index contributed by atoms with van der Waals surface area (Å²) in [6.07, 6.45) is 0. The highest BCUT2D eigenvalue weighted by Crippen LogP contribution is 2.12. The number of nitrogens with two attached hydrogens (primary N) is 1. The van der Waals surface area contributed by atoms with Crippen molar-refractivity contribution < 1.29 is 0 Å². The van der Waals surface area contributed by atoms with Crippen molar-refractivity contribution in [2.45, 2.75) is 13.8 Å². The number of halogens is 3. The van der Waals surface area contributed by atoms with E-state index in [4.69, 9.17) is 5.73 Å². The first-order valence-electron chi connectivity index (χ1n) is 7.15. The Morgan fingerprint density at radius 1 is 0.800 bits per heavy atom. The van der Waals surface area contributed by atoms with Gasteiger partial charge in [-0.25, -0.2) is 5.43 Å². The minimum absolute atomic E-state index is 0. The Morgan fingerprint density at radius 3 is 1.72 bits per heavy atom. The Hall–Kier alpha value is -1.70. The number of hydrogen-bond donors (Lipinski definition) is 2. The highest BCUT2D eigenvalue weighted by Gasteiger charge is 1.99. The molecular formula is C17H18Br2ClN5. The zero-order chi connectivity index (χ0) is 17.5. The Bertz CT molecular complexity index is 784. The summed E-state index contributed by atoms with van der Waals surface area (Å²) < 4.78 is 2.03. The molecule has 2 aromatic carbocycles. The first-order valence-corrected chi connectivity index (χ1v) is 8.74. The first-order chi connectivity index (χ1) is 11.5. The second-order valence-corrected chi connectivity index (χ2v) is 6.82. The van der Waals surface area contributed by atoms with Crippen LogP contribution in [0.1, 0.15) is 25.0 Å². The van der Waals surface area contributed by atoms with Gasteiger partial charge in [0.15, 0.2) is 0 Å². The summed E-state index contributed by atoms with van der Waals surface area (Å²) in [7, 11) is 0.